The molecule has 2 aliphatic heterocycles. The van der Waals surface area contributed by atoms with Gasteiger partial charge in [-0.2, -0.15) is 4.98 Å². The first-order valence-electron chi connectivity index (χ1n) is 11.8. The van der Waals surface area contributed by atoms with Crippen molar-refractivity contribution in [3.8, 4) is 5.82 Å². The molecule has 0 amide bonds. The van der Waals surface area contributed by atoms with Crippen molar-refractivity contribution in [2.45, 2.75) is 38.5 Å². The highest BCUT2D eigenvalue weighted by Crippen LogP contribution is 2.29. The van der Waals surface area contributed by atoms with Gasteiger partial charge < -0.3 is 20.5 Å². The lowest BCUT2D eigenvalue weighted by atomic mass is 9.97. The average Bonchev–Trinajstić information content (AvgIpc) is 3.14. The van der Waals surface area contributed by atoms with Crippen molar-refractivity contribution < 1.29 is 9.84 Å². The molecule has 10 heteroatoms. The molecule has 10 nitrogen and oxygen atoms in total. The Balaban J connectivity index is 1.45. The molecule has 1 fully saturated rings. The third kappa shape index (κ3) is 3.70. The van der Waals surface area contributed by atoms with Gasteiger partial charge in [0, 0.05) is 24.5 Å². The van der Waals surface area contributed by atoms with Gasteiger partial charge in [-0.05, 0) is 62.2 Å². The van der Waals surface area contributed by atoms with Crippen molar-refractivity contribution >= 4 is 22.7 Å². The van der Waals surface area contributed by atoms with E-state index < -0.39 is 5.60 Å². The van der Waals surface area contributed by atoms with Gasteiger partial charge in [-0.3, -0.25) is 4.79 Å². The van der Waals surface area contributed by atoms with E-state index in [0.29, 0.717) is 28.5 Å². The van der Waals surface area contributed by atoms with Gasteiger partial charge in [0.25, 0.3) is 5.56 Å². The molecule has 1 saturated heterocycles. The van der Waals surface area contributed by atoms with Crippen LogP contribution in [0.5, 0.6) is 0 Å². The van der Waals surface area contributed by atoms with Crippen LogP contribution in [0.2, 0.25) is 0 Å². The number of ether oxygens (including phenoxy) is 1. The van der Waals surface area contributed by atoms with E-state index >= 15 is 0 Å². The molecule has 6 rings (SSSR count). The first-order chi connectivity index (χ1) is 16.9. The van der Waals surface area contributed by atoms with E-state index in [1.807, 2.05) is 26.0 Å². The summed E-state index contributed by atoms with van der Waals surface area (Å²) in [5, 5.41) is 17.8. The fourth-order valence-electron chi connectivity index (χ4n) is 4.67. The Kier molecular flexibility index (Phi) is 5.17. The van der Waals surface area contributed by atoms with Gasteiger partial charge in [0.1, 0.15) is 5.39 Å². The Morgan fingerprint density at radius 2 is 2.03 bits per heavy atom. The normalized spacial score (nSPS) is 16.8. The lowest BCUT2D eigenvalue weighted by Crippen LogP contribution is -2.47. The molecule has 0 spiro atoms. The molecule has 4 aromatic rings. The van der Waals surface area contributed by atoms with Gasteiger partial charge in [0.05, 0.1) is 18.9 Å². The third-order valence-electron chi connectivity index (χ3n) is 6.57. The maximum Gasteiger partial charge on any atom is 0.278 e. The summed E-state index contributed by atoms with van der Waals surface area (Å²) in [4.78, 5) is 27.1. The van der Waals surface area contributed by atoms with Gasteiger partial charge in [0.2, 0.25) is 5.95 Å². The number of nitrogens with zero attached hydrogens (tertiary/aromatic N) is 5. The topological polar surface area (TPSA) is 119 Å². The van der Waals surface area contributed by atoms with E-state index in [9.17, 15) is 9.90 Å². The number of aliphatic hydroxyl groups is 1. The number of hydrogen-bond acceptors (Lipinski definition) is 8. The molecule has 0 saturated carbocycles. The van der Waals surface area contributed by atoms with E-state index in [1.54, 1.807) is 27.7 Å². The molecule has 3 N–H and O–H groups in total. The first-order valence-corrected chi connectivity index (χ1v) is 11.8. The summed E-state index contributed by atoms with van der Waals surface area (Å²) in [5.74, 6) is 0.887. The number of fused-ring (bicyclic) bond motifs is 2. The summed E-state index contributed by atoms with van der Waals surface area (Å²) in [5.41, 5.74) is 3.13. The smallest absolute Gasteiger partial charge is 0.278 e. The van der Waals surface area contributed by atoms with Crippen LogP contribution in [0.3, 0.4) is 0 Å². The second-order valence-electron chi connectivity index (χ2n) is 9.43. The van der Waals surface area contributed by atoms with Crippen molar-refractivity contribution in [1.29, 1.82) is 0 Å². The minimum Gasteiger partial charge on any atom is -0.379 e. The molecular formula is C25H27N7O3. The fourth-order valence-corrected chi connectivity index (χ4v) is 4.67. The molecule has 0 radical (unpaired) electrons. The quantitative estimate of drug-likeness (QED) is 0.404. The number of aromatic nitrogens is 5. The predicted molar refractivity (Wildman–Crippen MR) is 131 cm³/mol. The van der Waals surface area contributed by atoms with Crippen LogP contribution in [0.25, 0.3) is 16.9 Å². The number of benzene rings is 1. The van der Waals surface area contributed by atoms with Crippen molar-refractivity contribution in [3.63, 3.8) is 0 Å². The number of rotatable bonds is 5. The molecule has 0 atom stereocenters. The molecule has 0 bridgehead atoms. The number of anilines is 2. The van der Waals surface area contributed by atoms with Crippen molar-refractivity contribution in [2.75, 3.05) is 25.1 Å². The molecule has 1 aromatic carbocycles. The minimum absolute atomic E-state index is 0.150. The summed E-state index contributed by atoms with van der Waals surface area (Å²) in [7, 11) is 0. The van der Waals surface area contributed by atoms with Gasteiger partial charge in [-0.1, -0.05) is 12.1 Å². The molecule has 180 valence electrons. The zero-order chi connectivity index (χ0) is 24.2. The van der Waals surface area contributed by atoms with E-state index in [-0.39, 0.29) is 24.8 Å². The van der Waals surface area contributed by atoms with Gasteiger partial charge >= 0.3 is 0 Å². The van der Waals surface area contributed by atoms with E-state index in [2.05, 4.69) is 27.8 Å². The SMILES string of the molecule is CC(C)n1c(=O)c2cnc(Nc3ccc4c(c3)CCNC4)nc2n1-c1cccc(C2(O)COC2)n1. The number of hydrogen-bond donors (Lipinski definition) is 3. The monoisotopic (exact) mass is 473 g/mol. The highest BCUT2D eigenvalue weighted by atomic mass is 16.5. The maximum atomic E-state index is 13.3. The maximum absolute atomic E-state index is 13.3. The summed E-state index contributed by atoms with van der Waals surface area (Å²) in [6, 6.07) is 11.5. The Morgan fingerprint density at radius 3 is 2.80 bits per heavy atom. The zero-order valence-corrected chi connectivity index (χ0v) is 19.7. The van der Waals surface area contributed by atoms with Crippen LogP contribution >= 0.6 is 0 Å². The summed E-state index contributed by atoms with van der Waals surface area (Å²) in [6.45, 7) is 6.09. The Hall–Kier alpha value is -3.60. The lowest BCUT2D eigenvalue weighted by Gasteiger charge is -2.35. The number of pyridine rings is 1. The Bertz CT molecular complexity index is 1490. The van der Waals surface area contributed by atoms with E-state index in [1.165, 1.54) is 11.1 Å². The minimum atomic E-state index is -1.12. The molecular weight excluding hydrogens is 446 g/mol. The summed E-state index contributed by atoms with van der Waals surface area (Å²) < 4.78 is 8.52. The second-order valence-corrected chi connectivity index (χ2v) is 9.43. The number of nitrogens with one attached hydrogen (secondary N) is 2. The average molecular weight is 474 g/mol. The van der Waals surface area contributed by atoms with Gasteiger partial charge in [-0.25, -0.2) is 19.3 Å². The second kappa shape index (κ2) is 8.26. The largest absolute Gasteiger partial charge is 0.379 e. The van der Waals surface area contributed by atoms with Crippen LogP contribution in [0, 0.1) is 0 Å². The summed E-state index contributed by atoms with van der Waals surface area (Å²) in [6.07, 6.45) is 2.53. The molecule has 35 heavy (non-hydrogen) atoms. The zero-order valence-electron chi connectivity index (χ0n) is 19.7. The third-order valence-corrected chi connectivity index (χ3v) is 6.57. The van der Waals surface area contributed by atoms with Gasteiger partial charge in [-0.15, -0.1) is 0 Å². The Morgan fingerprint density at radius 1 is 1.17 bits per heavy atom. The first kappa shape index (κ1) is 21.9. The van der Waals surface area contributed by atoms with Gasteiger partial charge in [0.15, 0.2) is 17.1 Å². The predicted octanol–water partition coefficient (Wildman–Crippen LogP) is 2.17. The highest BCUT2D eigenvalue weighted by molar-refractivity contribution is 5.77. The van der Waals surface area contributed by atoms with Crippen LogP contribution < -0.4 is 16.2 Å². The molecule has 5 heterocycles. The molecule has 0 aliphatic carbocycles. The molecule has 2 aliphatic rings. The standard InChI is InChI=1S/C25H27N7O3/c1-15(2)31-23(33)19-12-27-24(28-18-7-6-17-11-26-9-8-16(17)10-18)30-22(19)32(31)21-5-3-4-20(29-21)25(34)13-35-14-25/h3-7,10,12,15,26,34H,8-9,11,13-14H2,1-2H3,(H,27,28,30). The Labute approximate surface area is 201 Å². The van der Waals surface area contributed by atoms with Crippen molar-refractivity contribution in [3.05, 3.63) is 69.8 Å². The van der Waals surface area contributed by atoms with E-state index in [4.69, 9.17) is 14.7 Å². The highest BCUT2D eigenvalue weighted by Gasteiger charge is 2.39. The fraction of sp³-hybridized carbons (Fsp3) is 0.360. The van der Waals surface area contributed by atoms with E-state index in [0.717, 1.165) is 25.2 Å². The van der Waals surface area contributed by atoms with Crippen LogP contribution in [0.1, 0.15) is 36.7 Å². The van der Waals surface area contributed by atoms with Crippen LogP contribution in [-0.4, -0.2) is 49.2 Å². The summed E-state index contributed by atoms with van der Waals surface area (Å²) >= 11 is 0. The van der Waals surface area contributed by atoms with Crippen LogP contribution in [0.4, 0.5) is 11.6 Å². The van der Waals surface area contributed by atoms with Crippen molar-refractivity contribution in [1.82, 2.24) is 29.6 Å². The van der Waals surface area contributed by atoms with Crippen molar-refractivity contribution in [2.24, 2.45) is 0 Å². The van der Waals surface area contributed by atoms with Crippen LogP contribution in [0.15, 0.2) is 47.4 Å². The molecule has 0 unspecified atom stereocenters. The lowest BCUT2D eigenvalue weighted by molar-refractivity contribution is -0.186. The van der Waals surface area contributed by atoms with Crippen LogP contribution in [-0.2, 0) is 23.3 Å². The molecule has 3 aromatic heterocycles.